The van der Waals surface area contributed by atoms with Crippen molar-refractivity contribution in [3.05, 3.63) is 44.9 Å². The second-order valence-corrected chi connectivity index (χ2v) is 10.4. The summed E-state index contributed by atoms with van der Waals surface area (Å²) in [7, 11) is 0. The number of rotatable bonds is 2. The highest BCUT2D eigenvalue weighted by Crippen LogP contribution is 2.41. The maximum atomic E-state index is 3.70. The van der Waals surface area contributed by atoms with E-state index in [0.717, 1.165) is 19.1 Å². The molecule has 1 aliphatic rings. The summed E-state index contributed by atoms with van der Waals surface area (Å²) < 4.78 is 4.61. The van der Waals surface area contributed by atoms with Gasteiger partial charge in [0.1, 0.15) is 0 Å². The average Bonchev–Trinajstić information content (AvgIpc) is 2.74. The van der Waals surface area contributed by atoms with Gasteiger partial charge in [0.15, 0.2) is 0 Å². The lowest BCUT2D eigenvalue weighted by Gasteiger charge is -2.26. The van der Waals surface area contributed by atoms with Crippen molar-refractivity contribution in [1.82, 2.24) is 0 Å². The Balaban J connectivity index is 1.93. The first-order valence-corrected chi connectivity index (χ1v) is 10.5. The Hall–Kier alpha value is 0.890. The third-order valence-corrected chi connectivity index (χ3v) is 7.09. The largest absolute Gasteiger partial charge is 0.376 e. The molecule has 2 aromatic rings. The summed E-state index contributed by atoms with van der Waals surface area (Å²) in [6.45, 7) is 0. The average molecular weight is 592 g/mol. The molecule has 106 valence electrons. The van der Waals surface area contributed by atoms with Crippen molar-refractivity contribution < 1.29 is 0 Å². The molecule has 1 atom stereocenters. The predicted octanol–water partition coefficient (Wildman–Crippen LogP) is 7.13. The molecule has 0 spiro atoms. The van der Waals surface area contributed by atoms with Gasteiger partial charge >= 0.3 is 0 Å². The predicted molar refractivity (Wildman–Crippen MR) is 106 cm³/mol. The lowest BCUT2D eigenvalue weighted by Crippen LogP contribution is -2.16. The van der Waals surface area contributed by atoms with Crippen LogP contribution in [0.1, 0.15) is 29.3 Å². The van der Waals surface area contributed by atoms with E-state index in [9.17, 15) is 0 Å². The SMILES string of the molecule is Brc1cc(Br)c(NC2CCCc3sc(I)cc32)c(Br)c1. The molecule has 0 saturated heterocycles. The minimum absolute atomic E-state index is 0.410. The van der Waals surface area contributed by atoms with E-state index in [4.69, 9.17) is 0 Å². The Labute approximate surface area is 161 Å². The monoisotopic (exact) mass is 589 g/mol. The van der Waals surface area contributed by atoms with Crippen LogP contribution in [0.15, 0.2) is 31.6 Å². The van der Waals surface area contributed by atoms with Gasteiger partial charge in [0.25, 0.3) is 0 Å². The molecule has 1 aromatic heterocycles. The van der Waals surface area contributed by atoms with E-state index in [0.29, 0.717) is 6.04 Å². The van der Waals surface area contributed by atoms with Crippen LogP contribution in [-0.2, 0) is 6.42 Å². The minimum atomic E-state index is 0.410. The molecule has 1 aliphatic carbocycles. The van der Waals surface area contributed by atoms with Crippen molar-refractivity contribution in [3.8, 4) is 0 Å². The van der Waals surface area contributed by atoms with Crippen LogP contribution >= 0.6 is 81.7 Å². The number of nitrogens with one attached hydrogen (secondary N) is 1. The zero-order chi connectivity index (χ0) is 14.3. The quantitative estimate of drug-likeness (QED) is 0.367. The molecular formula is C14H11Br3INS. The Morgan fingerprint density at radius 1 is 1.15 bits per heavy atom. The zero-order valence-corrected chi connectivity index (χ0v) is 18.1. The molecular weight excluding hydrogens is 581 g/mol. The van der Waals surface area contributed by atoms with E-state index in [1.807, 2.05) is 11.3 Å². The lowest BCUT2D eigenvalue weighted by atomic mass is 9.94. The lowest BCUT2D eigenvalue weighted by molar-refractivity contribution is 0.608. The van der Waals surface area contributed by atoms with Crippen LogP contribution in [0, 0.1) is 2.88 Å². The molecule has 6 heteroatoms. The molecule has 3 rings (SSSR count). The van der Waals surface area contributed by atoms with Gasteiger partial charge in [-0.3, -0.25) is 0 Å². The molecule has 1 heterocycles. The van der Waals surface area contributed by atoms with Crippen molar-refractivity contribution in [1.29, 1.82) is 0 Å². The van der Waals surface area contributed by atoms with Crippen molar-refractivity contribution in [2.45, 2.75) is 25.3 Å². The van der Waals surface area contributed by atoms with E-state index < -0.39 is 0 Å². The Morgan fingerprint density at radius 3 is 2.55 bits per heavy atom. The van der Waals surface area contributed by atoms with Crippen LogP contribution in [0.25, 0.3) is 0 Å². The number of thiophene rings is 1. The van der Waals surface area contributed by atoms with Gasteiger partial charge in [0, 0.05) is 18.3 Å². The number of hydrogen-bond acceptors (Lipinski definition) is 2. The van der Waals surface area contributed by atoms with Gasteiger partial charge in [-0.25, -0.2) is 0 Å². The van der Waals surface area contributed by atoms with Gasteiger partial charge < -0.3 is 5.32 Å². The molecule has 0 radical (unpaired) electrons. The topological polar surface area (TPSA) is 12.0 Å². The van der Waals surface area contributed by atoms with Gasteiger partial charge in [-0.2, -0.15) is 0 Å². The van der Waals surface area contributed by atoms with Crippen molar-refractivity contribution in [2.75, 3.05) is 5.32 Å². The zero-order valence-electron chi connectivity index (χ0n) is 10.4. The maximum absolute atomic E-state index is 3.70. The summed E-state index contributed by atoms with van der Waals surface area (Å²) in [5, 5.41) is 3.70. The summed E-state index contributed by atoms with van der Waals surface area (Å²) in [6.07, 6.45) is 3.67. The molecule has 0 bridgehead atoms. The highest BCUT2D eigenvalue weighted by atomic mass is 127. The van der Waals surface area contributed by atoms with Gasteiger partial charge in [-0.15, -0.1) is 11.3 Å². The van der Waals surface area contributed by atoms with Gasteiger partial charge in [-0.05, 0) is 97.5 Å². The fraction of sp³-hybridized carbons (Fsp3) is 0.286. The second-order valence-electron chi connectivity index (χ2n) is 4.76. The first-order valence-electron chi connectivity index (χ1n) is 6.24. The standard InChI is InChI=1S/C14H11Br3INS/c15-7-4-9(16)14(10(17)5-7)19-11-2-1-3-12-8(11)6-13(18)20-12/h4-6,11,19H,1-3H2. The van der Waals surface area contributed by atoms with Crippen LogP contribution in [0.4, 0.5) is 5.69 Å². The third kappa shape index (κ3) is 3.29. The number of anilines is 1. The third-order valence-electron chi connectivity index (χ3n) is 3.41. The first kappa shape index (κ1) is 15.8. The van der Waals surface area contributed by atoms with Crippen molar-refractivity contribution in [3.63, 3.8) is 0 Å². The molecule has 0 amide bonds. The molecule has 1 unspecified atom stereocenters. The Bertz CT molecular complexity index is 633. The number of aryl methyl sites for hydroxylation is 1. The van der Waals surface area contributed by atoms with Crippen LogP contribution < -0.4 is 5.32 Å². The Kier molecular flexibility index (Phi) is 5.17. The van der Waals surface area contributed by atoms with Gasteiger partial charge in [0.05, 0.1) is 14.6 Å². The number of halogens is 4. The normalized spacial score (nSPS) is 17.9. The summed E-state index contributed by atoms with van der Waals surface area (Å²) in [4.78, 5) is 1.54. The number of fused-ring (bicyclic) bond motifs is 1. The summed E-state index contributed by atoms with van der Waals surface area (Å²) in [5.74, 6) is 0. The minimum Gasteiger partial charge on any atom is -0.376 e. The highest BCUT2D eigenvalue weighted by molar-refractivity contribution is 14.1. The van der Waals surface area contributed by atoms with E-state index in [-0.39, 0.29) is 0 Å². The molecule has 20 heavy (non-hydrogen) atoms. The molecule has 0 aliphatic heterocycles. The first-order chi connectivity index (χ1) is 9.54. The van der Waals surface area contributed by atoms with E-state index >= 15 is 0 Å². The van der Waals surface area contributed by atoms with E-state index in [1.54, 1.807) is 4.88 Å². The van der Waals surface area contributed by atoms with Gasteiger partial charge in [0.2, 0.25) is 0 Å². The smallest absolute Gasteiger partial charge is 0.0660 e. The van der Waals surface area contributed by atoms with Crippen molar-refractivity contribution >= 4 is 87.4 Å². The second kappa shape index (κ2) is 6.56. The van der Waals surface area contributed by atoms with Crippen molar-refractivity contribution in [2.24, 2.45) is 0 Å². The summed E-state index contributed by atoms with van der Waals surface area (Å²) in [5.41, 5.74) is 2.61. The maximum Gasteiger partial charge on any atom is 0.0660 e. The number of hydrogen-bond donors (Lipinski definition) is 1. The molecule has 1 nitrogen and oxygen atoms in total. The molecule has 1 N–H and O–H groups in total. The van der Waals surface area contributed by atoms with Crippen LogP contribution in [0.2, 0.25) is 0 Å². The van der Waals surface area contributed by atoms with Crippen LogP contribution in [-0.4, -0.2) is 0 Å². The summed E-state index contributed by atoms with van der Waals surface area (Å²) in [6, 6.07) is 6.90. The van der Waals surface area contributed by atoms with Crippen LogP contribution in [0.3, 0.4) is 0 Å². The number of benzene rings is 1. The highest BCUT2D eigenvalue weighted by Gasteiger charge is 2.23. The molecule has 1 aromatic carbocycles. The molecule has 0 saturated carbocycles. The van der Waals surface area contributed by atoms with E-state index in [1.165, 1.54) is 27.7 Å². The van der Waals surface area contributed by atoms with Crippen LogP contribution in [0.5, 0.6) is 0 Å². The van der Waals surface area contributed by atoms with E-state index in [2.05, 4.69) is 93.9 Å². The fourth-order valence-corrected chi connectivity index (χ4v) is 7.13. The summed E-state index contributed by atoms with van der Waals surface area (Å²) >= 11 is 15.2. The van der Waals surface area contributed by atoms with Gasteiger partial charge in [-0.1, -0.05) is 15.9 Å². The Morgan fingerprint density at radius 2 is 1.85 bits per heavy atom. The fourth-order valence-electron chi connectivity index (χ4n) is 2.53. The molecule has 0 fully saturated rings.